The van der Waals surface area contributed by atoms with Gasteiger partial charge < -0.3 is 10.4 Å². The van der Waals surface area contributed by atoms with Crippen LogP contribution in [0.2, 0.25) is 0 Å². The Morgan fingerprint density at radius 3 is 2.50 bits per heavy atom. The number of carbonyl (C=O) groups excluding carboxylic acids is 1. The summed E-state index contributed by atoms with van der Waals surface area (Å²) < 4.78 is 1.77. The standard InChI is InChI=1S/C15H27N3O2/c1-4-8-15(20,9-5-2)12-14(19)17-13-7-10-16-18(13)11-6-3/h7,10,20H,4-6,8-9,11-12H2,1-3H3,(H,17,19). The van der Waals surface area contributed by atoms with E-state index in [9.17, 15) is 9.90 Å². The molecule has 0 bridgehead atoms. The van der Waals surface area contributed by atoms with Gasteiger partial charge in [0.25, 0.3) is 0 Å². The van der Waals surface area contributed by atoms with Crippen molar-refractivity contribution < 1.29 is 9.90 Å². The summed E-state index contributed by atoms with van der Waals surface area (Å²) in [6.45, 7) is 6.88. The molecule has 1 amide bonds. The second-order valence-electron chi connectivity index (χ2n) is 5.39. The number of anilines is 1. The highest BCUT2D eigenvalue weighted by Gasteiger charge is 2.28. The zero-order valence-corrected chi connectivity index (χ0v) is 12.9. The van der Waals surface area contributed by atoms with E-state index in [1.165, 1.54) is 0 Å². The molecular formula is C15H27N3O2. The molecule has 0 aliphatic heterocycles. The smallest absolute Gasteiger partial charge is 0.228 e. The fourth-order valence-electron chi connectivity index (χ4n) is 2.55. The van der Waals surface area contributed by atoms with Crippen molar-refractivity contribution in [1.29, 1.82) is 0 Å². The molecule has 0 saturated heterocycles. The Kier molecular flexibility index (Phi) is 6.71. The topological polar surface area (TPSA) is 67.2 Å². The van der Waals surface area contributed by atoms with Gasteiger partial charge in [0, 0.05) is 12.6 Å². The zero-order valence-electron chi connectivity index (χ0n) is 12.9. The van der Waals surface area contributed by atoms with Crippen molar-refractivity contribution >= 4 is 11.7 Å². The van der Waals surface area contributed by atoms with Gasteiger partial charge in [-0.1, -0.05) is 33.6 Å². The Morgan fingerprint density at radius 1 is 1.30 bits per heavy atom. The number of carbonyl (C=O) groups is 1. The number of aliphatic hydroxyl groups is 1. The Balaban J connectivity index is 2.63. The van der Waals surface area contributed by atoms with E-state index in [0.717, 1.165) is 25.8 Å². The second kappa shape index (κ2) is 8.04. The molecule has 0 unspecified atom stereocenters. The van der Waals surface area contributed by atoms with Gasteiger partial charge in [-0.3, -0.25) is 4.79 Å². The summed E-state index contributed by atoms with van der Waals surface area (Å²) in [4.78, 5) is 12.1. The van der Waals surface area contributed by atoms with Crippen molar-refractivity contribution in [2.24, 2.45) is 0 Å². The fourth-order valence-corrected chi connectivity index (χ4v) is 2.55. The molecule has 1 aromatic heterocycles. The molecule has 0 atom stereocenters. The average molecular weight is 281 g/mol. The average Bonchev–Trinajstić information content (AvgIpc) is 2.77. The summed E-state index contributed by atoms with van der Waals surface area (Å²) in [5.74, 6) is 0.555. The predicted molar refractivity (Wildman–Crippen MR) is 80.5 cm³/mol. The van der Waals surface area contributed by atoms with Gasteiger partial charge in [0.1, 0.15) is 5.82 Å². The number of aryl methyl sites for hydroxylation is 1. The molecule has 1 heterocycles. The molecule has 1 aromatic rings. The molecule has 0 spiro atoms. The van der Waals surface area contributed by atoms with Gasteiger partial charge in [-0.25, -0.2) is 4.68 Å². The van der Waals surface area contributed by atoms with Crippen LogP contribution in [-0.4, -0.2) is 26.4 Å². The summed E-state index contributed by atoms with van der Waals surface area (Å²) in [7, 11) is 0. The molecule has 0 aliphatic carbocycles. The van der Waals surface area contributed by atoms with Gasteiger partial charge >= 0.3 is 0 Å². The number of amides is 1. The number of hydrogen-bond acceptors (Lipinski definition) is 3. The number of rotatable bonds is 9. The van der Waals surface area contributed by atoms with Crippen molar-refractivity contribution in [2.75, 3.05) is 5.32 Å². The lowest BCUT2D eigenvalue weighted by Gasteiger charge is -2.26. The first kappa shape index (κ1) is 16.7. The van der Waals surface area contributed by atoms with E-state index in [-0.39, 0.29) is 12.3 Å². The minimum atomic E-state index is -0.886. The maximum atomic E-state index is 12.1. The third kappa shape index (κ3) is 4.96. The van der Waals surface area contributed by atoms with E-state index in [0.29, 0.717) is 18.7 Å². The van der Waals surface area contributed by atoms with Gasteiger partial charge in [0.05, 0.1) is 18.2 Å². The van der Waals surface area contributed by atoms with Crippen molar-refractivity contribution in [2.45, 2.75) is 71.4 Å². The summed E-state index contributed by atoms with van der Waals surface area (Å²) >= 11 is 0. The van der Waals surface area contributed by atoms with E-state index in [4.69, 9.17) is 0 Å². The Hall–Kier alpha value is -1.36. The SMILES string of the molecule is CCCn1nccc1NC(=O)CC(O)(CCC)CCC. The molecule has 2 N–H and O–H groups in total. The monoisotopic (exact) mass is 281 g/mol. The van der Waals surface area contributed by atoms with Crippen LogP contribution in [0.5, 0.6) is 0 Å². The fraction of sp³-hybridized carbons (Fsp3) is 0.733. The van der Waals surface area contributed by atoms with Crippen molar-refractivity contribution in [1.82, 2.24) is 9.78 Å². The van der Waals surface area contributed by atoms with Gasteiger partial charge in [0.15, 0.2) is 0 Å². The summed E-state index contributed by atoms with van der Waals surface area (Å²) in [5.41, 5.74) is -0.886. The number of nitrogens with zero attached hydrogens (tertiary/aromatic N) is 2. The van der Waals surface area contributed by atoms with Crippen molar-refractivity contribution in [3.05, 3.63) is 12.3 Å². The first-order chi connectivity index (χ1) is 9.54. The van der Waals surface area contributed by atoms with E-state index in [2.05, 4.69) is 17.3 Å². The van der Waals surface area contributed by atoms with E-state index < -0.39 is 5.60 Å². The van der Waals surface area contributed by atoms with Crippen LogP contribution in [0.3, 0.4) is 0 Å². The molecule has 1 rings (SSSR count). The minimum absolute atomic E-state index is 0.145. The van der Waals surface area contributed by atoms with Crippen LogP contribution in [-0.2, 0) is 11.3 Å². The molecule has 20 heavy (non-hydrogen) atoms. The molecule has 5 heteroatoms. The largest absolute Gasteiger partial charge is 0.389 e. The normalized spacial score (nSPS) is 11.6. The Morgan fingerprint density at radius 2 is 1.95 bits per heavy atom. The second-order valence-corrected chi connectivity index (χ2v) is 5.39. The van der Waals surface area contributed by atoms with Crippen LogP contribution in [0, 0.1) is 0 Å². The number of aromatic nitrogens is 2. The number of nitrogens with one attached hydrogen (secondary N) is 1. The first-order valence-electron chi connectivity index (χ1n) is 7.58. The van der Waals surface area contributed by atoms with Crippen LogP contribution in [0.15, 0.2) is 12.3 Å². The van der Waals surface area contributed by atoms with Crippen LogP contribution in [0.25, 0.3) is 0 Å². The molecule has 0 saturated carbocycles. The molecule has 5 nitrogen and oxygen atoms in total. The van der Waals surface area contributed by atoms with Crippen LogP contribution >= 0.6 is 0 Å². The highest BCUT2D eigenvalue weighted by Crippen LogP contribution is 2.24. The van der Waals surface area contributed by atoms with E-state index >= 15 is 0 Å². The maximum absolute atomic E-state index is 12.1. The highest BCUT2D eigenvalue weighted by molar-refractivity contribution is 5.90. The molecule has 114 valence electrons. The molecule has 0 radical (unpaired) electrons. The van der Waals surface area contributed by atoms with E-state index in [1.807, 2.05) is 13.8 Å². The zero-order chi connectivity index (χ0) is 15.0. The van der Waals surface area contributed by atoms with Gasteiger partial charge in [0.2, 0.25) is 5.91 Å². The third-order valence-electron chi connectivity index (χ3n) is 3.34. The van der Waals surface area contributed by atoms with Crippen LogP contribution < -0.4 is 5.32 Å². The van der Waals surface area contributed by atoms with Crippen LogP contribution in [0.4, 0.5) is 5.82 Å². The summed E-state index contributed by atoms with van der Waals surface area (Å²) in [6.07, 6.45) is 5.84. The quantitative estimate of drug-likeness (QED) is 0.731. The van der Waals surface area contributed by atoms with Gasteiger partial charge in [-0.05, 0) is 19.3 Å². The highest BCUT2D eigenvalue weighted by atomic mass is 16.3. The summed E-state index contributed by atoms with van der Waals surface area (Å²) in [6, 6.07) is 1.78. The minimum Gasteiger partial charge on any atom is -0.389 e. The molecular weight excluding hydrogens is 254 g/mol. The lowest BCUT2D eigenvalue weighted by atomic mass is 9.89. The van der Waals surface area contributed by atoms with Crippen LogP contribution in [0.1, 0.15) is 59.3 Å². The lowest BCUT2D eigenvalue weighted by Crippen LogP contribution is -2.34. The predicted octanol–water partition coefficient (Wildman–Crippen LogP) is 2.95. The summed E-state index contributed by atoms with van der Waals surface area (Å²) in [5, 5.41) is 17.5. The van der Waals surface area contributed by atoms with Crippen molar-refractivity contribution in [3.63, 3.8) is 0 Å². The Labute approximate surface area is 121 Å². The lowest BCUT2D eigenvalue weighted by molar-refractivity contribution is -0.121. The van der Waals surface area contributed by atoms with Gasteiger partial charge in [-0.2, -0.15) is 5.10 Å². The van der Waals surface area contributed by atoms with Gasteiger partial charge in [-0.15, -0.1) is 0 Å². The third-order valence-corrected chi connectivity index (χ3v) is 3.34. The van der Waals surface area contributed by atoms with Crippen molar-refractivity contribution in [3.8, 4) is 0 Å². The Bertz CT molecular complexity index is 409. The first-order valence-corrected chi connectivity index (χ1v) is 7.58. The number of hydrogen-bond donors (Lipinski definition) is 2. The molecule has 0 aromatic carbocycles. The molecule has 0 fully saturated rings. The van der Waals surface area contributed by atoms with E-state index in [1.54, 1.807) is 16.9 Å². The molecule has 0 aliphatic rings. The maximum Gasteiger partial charge on any atom is 0.228 e.